The van der Waals surface area contributed by atoms with E-state index in [1.165, 1.54) is 0 Å². The fourth-order valence-corrected chi connectivity index (χ4v) is 4.04. The number of nitrogens with one attached hydrogen (secondary N) is 1. The molecule has 0 saturated carbocycles. The van der Waals surface area contributed by atoms with Crippen molar-refractivity contribution in [1.82, 2.24) is 10.3 Å². The second-order valence-electron chi connectivity index (χ2n) is 8.71. The number of phenols is 1. The van der Waals surface area contributed by atoms with Gasteiger partial charge in [-0.1, -0.05) is 64.1 Å². The summed E-state index contributed by atoms with van der Waals surface area (Å²) in [5.41, 5.74) is 3.70. The summed E-state index contributed by atoms with van der Waals surface area (Å²) in [5, 5.41) is 17.3. The zero-order valence-electron chi connectivity index (χ0n) is 16.4. The number of thiazole rings is 1. The maximum absolute atomic E-state index is 10.9. The summed E-state index contributed by atoms with van der Waals surface area (Å²) in [6.07, 6.45) is 0. The summed E-state index contributed by atoms with van der Waals surface area (Å²) < 4.78 is -0.183. The maximum Gasteiger partial charge on any atom is 0.123 e. The van der Waals surface area contributed by atoms with Crippen molar-refractivity contribution in [3.8, 4) is 17.0 Å². The summed E-state index contributed by atoms with van der Waals surface area (Å²) in [6, 6.07) is 4.18. The average Bonchev–Trinajstić information content (AvgIpc) is 2.95. The number of nitrogens with zero attached hydrogens (tertiary/aromatic N) is 1. The Bertz CT molecular complexity index is 732. The van der Waals surface area contributed by atoms with Gasteiger partial charge in [-0.25, -0.2) is 4.98 Å². The van der Waals surface area contributed by atoms with Crippen LogP contribution in [0.4, 0.5) is 0 Å². The molecular formula is C20H29IN2OS. The predicted molar refractivity (Wildman–Crippen MR) is 117 cm³/mol. The van der Waals surface area contributed by atoms with Crippen molar-refractivity contribution in [1.29, 1.82) is 0 Å². The summed E-state index contributed by atoms with van der Waals surface area (Å²) in [4.78, 5) is 4.87. The Morgan fingerprint density at radius 3 is 1.88 bits per heavy atom. The van der Waals surface area contributed by atoms with Crippen molar-refractivity contribution in [2.24, 2.45) is 0 Å². The second-order valence-corrected chi connectivity index (χ2v) is 11.7. The minimum atomic E-state index is -0.183. The van der Waals surface area contributed by atoms with Crippen LogP contribution in [-0.2, 0) is 14.4 Å². The molecule has 1 aromatic carbocycles. The zero-order valence-corrected chi connectivity index (χ0v) is 19.4. The van der Waals surface area contributed by atoms with Gasteiger partial charge in [0.25, 0.3) is 0 Å². The Labute approximate surface area is 169 Å². The molecule has 0 bridgehead atoms. The van der Waals surface area contributed by atoms with E-state index in [9.17, 15) is 5.11 Å². The first-order valence-corrected chi connectivity index (χ1v) is 10.5. The molecule has 2 aromatic rings. The van der Waals surface area contributed by atoms with Crippen LogP contribution in [0.2, 0.25) is 0 Å². The third-order valence-corrected chi connectivity index (χ3v) is 6.88. The fraction of sp³-hybridized carbons (Fsp3) is 0.550. The summed E-state index contributed by atoms with van der Waals surface area (Å²) >= 11 is 4.04. The molecule has 0 aliphatic carbocycles. The molecule has 1 atom stereocenters. The highest BCUT2D eigenvalue weighted by molar-refractivity contribution is 14.1. The third-order valence-electron chi connectivity index (χ3n) is 4.40. The molecule has 0 spiro atoms. The van der Waals surface area contributed by atoms with Gasteiger partial charge in [-0.2, -0.15) is 0 Å². The molecule has 0 amide bonds. The van der Waals surface area contributed by atoms with Gasteiger partial charge in [0.15, 0.2) is 0 Å². The van der Waals surface area contributed by atoms with Gasteiger partial charge in [-0.3, -0.25) is 0 Å². The van der Waals surface area contributed by atoms with E-state index in [1.807, 2.05) is 7.05 Å². The number of aromatic hydroxyl groups is 1. The quantitative estimate of drug-likeness (QED) is 0.330. The van der Waals surface area contributed by atoms with Crippen molar-refractivity contribution in [2.75, 3.05) is 7.05 Å². The molecule has 0 unspecified atom stereocenters. The molecule has 0 fully saturated rings. The Morgan fingerprint density at radius 1 is 1.00 bits per heavy atom. The molecule has 0 aliphatic heterocycles. The number of aromatic nitrogens is 1. The number of phenolic OH excluding ortho intramolecular Hbond substituents is 1. The van der Waals surface area contributed by atoms with Crippen LogP contribution in [0.5, 0.6) is 5.75 Å². The third kappa shape index (κ3) is 4.37. The van der Waals surface area contributed by atoms with Gasteiger partial charge in [0.2, 0.25) is 0 Å². The topological polar surface area (TPSA) is 45.2 Å². The van der Waals surface area contributed by atoms with Gasteiger partial charge in [-0.15, -0.1) is 11.3 Å². The highest BCUT2D eigenvalue weighted by atomic mass is 127. The van der Waals surface area contributed by atoms with Crippen LogP contribution in [0.25, 0.3) is 11.3 Å². The first-order chi connectivity index (χ1) is 11.3. The van der Waals surface area contributed by atoms with Gasteiger partial charge in [0.05, 0.1) is 5.69 Å². The van der Waals surface area contributed by atoms with E-state index >= 15 is 0 Å². The highest BCUT2D eigenvalue weighted by Gasteiger charge is 2.28. The van der Waals surface area contributed by atoms with Gasteiger partial charge < -0.3 is 10.4 Å². The van der Waals surface area contributed by atoms with Crippen LogP contribution >= 0.6 is 33.9 Å². The minimum absolute atomic E-state index is 0.137. The molecule has 3 nitrogen and oxygen atoms in total. The molecule has 0 saturated heterocycles. The van der Waals surface area contributed by atoms with Crippen LogP contribution in [-0.4, -0.2) is 17.1 Å². The Hall–Kier alpha value is -0.660. The van der Waals surface area contributed by atoms with Crippen LogP contribution in [0.15, 0.2) is 17.5 Å². The predicted octanol–water partition coefficient (Wildman–Crippen LogP) is 5.94. The highest BCUT2D eigenvalue weighted by Crippen LogP contribution is 2.42. The lowest BCUT2D eigenvalue weighted by atomic mass is 9.78. The van der Waals surface area contributed by atoms with E-state index in [4.69, 9.17) is 4.98 Å². The normalized spacial score (nSPS) is 15.2. The lowest BCUT2D eigenvalue weighted by Crippen LogP contribution is -2.29. The van der Waals surface area contributed by atoms with E-state index in [0.29, 0.717) is 5.75 Å². The smallest absolute Gasteiger partial charge is 0.123 e. The van der Waals surface area contributed by atoms with Crippen LogP contribution < -0.4 is 5.32 Å². The zero-order chi connectivity index (χ0) is 19.2. The van der Waals surface area contributed by atoms with Crippen molar-refractivity contribution >= 4 is 33.9 Å². The van der Waals surface area contributed by atoms with Crippen molar-refractivity contribution in [2.45, 2.75) is 62.8 Å². The Kier molecular flexibility index (Phi) is 5.63. The fourth-order valence-electron chi connectivity index (χ4n) is 2.65. The van der Waals surface area contributed by atoms with Crippen molar-refractivity contribution < 1.29 is 5.11 Å². The van der Waals surface area contributed by atoms with E-state index < -0.39 is 0 Å². The molecule has 2 N–H and O–H groups in total. The van der Waals surface area contributed by atoms with Gasteiger partial charge in [-0.05, 0) is 36.9 Å². The molecule has 0 aliphatic rings. The Morgan fingerprint density at radius 2 is 1.48 bits per heavy atom. The van der Waals surface area contributed by atoms with Gasteiger partial charge >= 0.3 is 0 Å². The van der Waals surface area contributed by atoms with Crippen molar-refractivity contribution in [3.63, 3.8) is 0 Å². The average molecular weight is 472 g/mol. The SMILES string of the molecule is CN[C@](C)(I)c1nc(-c2cc(C(C)(C)C)c(O)c(C(C)(C)C)c2)cs1. The number of halogens is 1. The van der Waals surface area contributed by atoms with E-state index in [0.717, 1.165) is 27.4 Å². The molecule has 5 heteroatoms. The Balaban J connectivity index is 2.67. The molecule has 25 heavy (non-hydrogen) atoms. The first-order valence-electron chi connectivity index (χ1n) is 8.49. The molecule has 2 rings (SSSR count). The summed E-state index contributed by atoms with van der Waals surface area (Å²) in [7, 11) is 1.95. The number of hydrogen-bond donors (Lipinski definition) is 2. The molecule has 138 valence electrons. The molecule has 0 radical (unpaired) electrons. The number of alkyl halides is 1. The minimum Gasteiger partial charge on any atom is -0.507 e. The number of hydrogen-bond acceptors (Lipinski definition) is 4. The maximum atomic E-state index is 10.9. The van der Waals surface area contributed by atoms with E-state index in [-0.39, 0.29) is 14.4 Å². The van der Waals surface area contributed by atoms with E-state index in [2.05, 4.69) is 93.9 Å². The second kappa shape index (κ2) is 6.82. The van der Waals surface area contributed by atoms with Gasteiger partial charge in [0, 0.05) is 22.1 Å². The van der Waals surface area contributed by atoms with E-state index in [1.54, 1.807) is 11.3 Å². The van der Waals surface area contributed by atoms with Crippen LogP contribution in [0.1, 0.15) is 64.6 Å². The first kappa shape index (κ1) is 20.6. The largest absolute Gasteiger partial charge is 0.507 e. The lowest BCUT2D eigenvalue weighted by Gasteiger charge is -2.28. The van der Waals surface area contributed by atoms with Crippen LogP contribution in [0.3, 0.4) is 0 Å². The van der Waals surface area contributed by atoms with Gasteiger partial charge in [0.1, 0.15) is 14.3 Å². The monoisotopic (exact) mass is 472 g/mol. The standard InChI is InChI=1S/C20H29IN2OS/c1-18(2,3)13-9-12(10-14(16(13)24)19(4,5)6)15-11-25-17(23-15)20(7,21)22-8/h9-11,22,24H,1-8H3/t20-/m0/s1. The van der Waals surface area contributed by atoms with Crippen LogP contribution in [0, 0.1) is 0 Å². The number of rotatable bonds is 3. The molecule has 1 aromatic heterocycles. The summed E-state index contributed by atoms with van der Waals surface area (Å²) in [5.74, 6) is 0.410. The number of benzene rings is 1. The summed E-state index contributed by atoms with van der Waals surface area (Å²) in [6.45, 7) is 14.9. The molecular weight excluding hydrogens is 443 g/mol. The lowest BCUT2D eigenvalue weighted by molar-refractivity contribution is 0.423. The molecule has 1 heterocycles. The van der Waals surface area contributed by atoms with Crippen molar-refractivity contribution in [3.05, 3.63) is 33.6 Å².